The summed E-state index contributed by atoms with van der Waals surface area (Å²) in [5.74, 6) is 1.91. The molecule has 8 nitrogen and oxygen atoms in total. The molecular weight excluding hydrogens is 442 g/mol. The highest BCUT2D eigenvalue weighted by atomic mass is 32.1. The molecule has 1 aliphatic carbocycles. The average molecular weight is 470 g/mol. The molecule has 33 heavy (non-hydrogen) atoms. The van der Waals surface area contributed by atoms with Crippen LogP contribution in [0, 0.1) is 22.0 Å². The molecule has 0 spiro atoms. The molecule has 2 aromatic carbocycles. The number of likely N-dealkylation sites (tertiary alicyclic amines) is 1. The molecular formula is C24H27N3O5S. The Morgan fingerprint density at radius 2 is 1.79 bits per heavy atom. The predicted octanol–water partition coefficient (Wildman–Crippen LogP) is 4.47. The van der Waals surface area contributed by atoms with Gasteiger partial charge in [-0.15, -0.1) is 0 Å². The number of methoxy groups -OCH3 is 2. The number of thiocarbonyl (C=S) groups is 1. The SMILES string of the molecule is COc1cc2c(cc1OC)C(=O)C(CC1CCN(C(=S)Nc3ccc([N+](=O)[O-])cc3)CC1)C2. The van der Waals surface area contributed by atoms with Crippen molar-refractivity contribution >= 4 is 34.5 Å². The Labute approximate surface area is 198 Å². The number of nitrogens with one attached hydrogen (secondary N) is 1. The minimum atomic E-state index is -0.423. The highest BCUT2D eigenvalue weighted by molar-refractivity contribution is 7.80. The first-order valence-electron chi connectivity index (χ1n) is 11.0. The van der Waals surface area contributed by atoms with Gasteiger partial charge >= 0.3 is 0 Å². The van der Waals surface area contributed by atoms with E-state index in [2.05, 4.69) is 10.2 Å². The van der Waals surface area contributed by atoms with Crippen LogP contribution in [0.25, 0.3) is 0 Å². The van der Waals surface area contributed by atoms with E-state index in [9.17, 15) is 14.9 Å². The van der Waals surface area contributed by atoms with Crippen molar-refractivity contribution in [2.45, 2.75) is 25.7 Å². The third-order valence-electron chi connectivity index (χ3n) is 6.56. The number of hydrogen-bond acceptors (Lipinski definition) is 6. The van der Waals surface area contributed by atoms with Crippen molar-refractivity contribution in [3.05, 3.63) is 57.6 Å². The van der Waals surface area contributed by atoms with Gasteiger partial charge in [0, 0.05) is 42.4 Å². The van der Waals surface area contributed by atoms with E-state index in [0.717, 1.165) is 55.6 Å². The van der Waals surface area contributed by atoms with E-state index in [-0.39, 0.29) is 17.4 Å². The van der Waals surface area contributed by atoms with Crippen molar-refractivity contribution in [1.82, 2.24) is 4.90 Å². The number of anilines is 1. The number of fused-ring (bicyclic) bond motifs is 1. The summed E-state index contributed by atoms with van der Waals surface area (Å²) in [6.45, 7) is 1.64. The normalized spacial score (nSPS) is 18.1. The minimum Gasteiger partial charge on any atom is -0.493 e. The van der Waals surface area contributed by atoms with E-state index in [1.807, 2.05) is 6.07 Å². The van der Waals surface area contributed by atoms with Crippen molar-refractivity contribution in [2.24, 2.45) is 11.8 Å². The second-order valence-corrected chi connectivity index (χ2v) is 8.92. The van der Waals surface area contributed by atoms with Gasteiger partial charge in [0.25, 0.3) is 5.69 Å². The van der Waals surface area contributed by atoms with Crippen molar-refractivity contribution in [2.75, 3.05) is 32.6 Å². The predicted molar refractivity (Wildman–Crippen MR) is 129 cm³/mol. The Balaban J connectivity index is 1.30. The second-order valence-electron chi connectivity index (χ2n) is 8.53. The highest BCUT2D eigenvalue weighted by Gasteiger charge is 2.34. The zero-order chi connectivity index (χ0) is 23.5. The third kappa shape index (κ3) is 4.93. The van der Waals surface area contributed by atoms with Gasteiger partial charge in [-0.25, -0.2) is 0 Å². The second kappa shape index (κ2) is 9.74. The van der Waals surface area contributed by atoms with Crippen molar-refractivity contribution in [1.29, 1.82) is 0 Å². The molecule has 0 aromatic heterocycles. The number of carbonyl (C=O) groups is 1. The molecule has 1 heterocycles. The molecule has 0 bridgehead atoms. The number of nitro groups is 1. The smallest absolute Gasteiger partial charge is 0.269 e. The molecule has 1 atom stereocenters. The van der Waals surface area contributed by atoms with Crippen LogP contribution < -0.4 is 14.8 Å². The molecule has 2 aliphatic rings. The zero-order valence-corrected chi connectivity index (χ0v) is 19.5. The number of nitro benzene ring substituents is 1. The van der Waals surface area contributed by atoms with Crippen LogP contribution in [0.1, 0.15) is 35.2 Å². The molecule has 0 radical (unpaired) electrons. The first-order chi connectivity index (χ1) is 15.9. The number of ketones is 1. The summed E-state index contributed by atoms with van der Waals surface area (Å²) < 4.78 is 10.7. The van der Waals surface area contributed by atoms with E-state index in [1.165, 1.54) is 12.1 Å². The summed E-state index contributed by atoms with van der Waals surface area (Å²) in [7, 11) is 3.18. The van der Waals surface area contributed by atoms with Gasteiger partial charge in [0.2, 0.25) is 0 Å². The topological polar surface area (TPSA) is 93.9 Å². The molecule has 1 fully saturated rings. The third-order valence-corrected chi connectivity index (χ3v) is 6.92. The summed E-state index contributed by atoms with van der Waals surface area (Å²) >= 11 is 5.54. The Morgan fingerprint density at radius 3 is 2.39 bits per heavy atom. The number of ether oxygens (including phenoxy) is 2. The van der Waals surface area contributed by atoms with E-state index < -0.39 is 4.92 Å². The van der Waals surface area contributed by atoms with Crippen molar-refractivity contribution < 1.29 is 19.2 Å². The lowest BCUT2D eigenvalue weighted by molar-refractivity contribution is -0.384. The molecule has 1 aliphatic heterocycles. The summed E-state index contributed by atoms with van der Waals surface area (Å²) in [6, 6.07) is 9.96. The summed E-state index contributed by atoms with van der Waals surface area (Å²) in [6.07, 6.45) is 3.55. The van der Waals surface area contributed by atoms with Gasteiger partial charge < -0.3 is 19.7 Å². The zero-order valence-electron chi connectivity index (χ0n) is 18.7. The number of hydrogen-bond donors (Lipinski definition) is 1. The van der Waals surface area contributed by atoms with E-state index >= 15 is 0 Å². The quantitative estimate of drug-likeness (QED) is 0.376. The first-order valence-corrected chi connectivity index (χ1v) is 11.4. The summed E-state index contributed by atoms with van der Waals surface area (Å²) in [5, 5.41) is 14.6. The maximum absolute atomic E-state index is 13.0. The molecule has 9 heteroatoms. The monoisotopic (exact) mass is 469 g/mol. The summed E-state index contributed by atoms with van der Waals surface area (Å²) in [4.78, 5) is 25.5. The van der Waals surface area contributed by atoms with Crippen LogP contribution in [0.2, 0.25) is 0 Å². The number of piperidine rings is 1. The first kappa shape index (κ1) is 23.0. The number of carbonyl (C=O) groups excluding carboxylic acids is 1. The van der Waals surface area contributed by atoms with Crippen LogP contribution in [0.15, 0.2) is 36.4 Å². The molecule has 0 saturated carbocycles. The van der Waals surface area contributed by atoms with Gasteiger partial charge in [-0.05, 0) is 73.6 Å². The Kier molecular flexibility index (Phi) is 6.78. The fraction of sp³-hybridized carbons (Fsp3) is 0.417. The molecule has 174 valence electrons. The average Bonchev–Trinajstić information content (AvgIpc) is 3.12. The lowest BCUT2D eigenvalue weighted by Crippen LogP contribution is -2.41. The van der Waals surface area contributed by atoms with Gasteiger partial charge in [-0.3, -0.25) is 14.9 Å². The van der Waals surface area contributed by atoms with E-state index in [0.29, 0.717) is 22.5 Å². The lowest BCUT2D eigenvalue weighted by Gasteiger charge is -2.34. The Hall–Kier alpha value is -3.20. The fourth-order valence-corrected chi connectivity index (χ4v) is 5.03. The molecule has 1 N–H and O–H groups in total. The van der Waals surface area contributed by atoms with Crippen LogP contribution in [-0.4, -0.2) is 48.0 Å². The van der Waals surface area contributed by atoms with E-state index in [4.69, 9.17) is 21.7 Å². The Morgan fingerprint density at radius 1 is 1.15 bits per heavy atom. The number of nitrogens with zero attached hydrogens (tertiary/aromatic N) is 2. The van der Waals surface area contributed by atoms with Crippen LogP contribution in [0.3, 0.4) is 0 Å². The lowest BCUT2D eigenvalue weighted by atomic mass is 9.85. The molecule has 1 saturated heterocycles. The molecule has 0 amide bonds. The van der Waals surface area contributed by atoms with Crippen molar-refractivity contribution in [3.8, 4) is 11.5 Å². The van der Waals surface area contributed by atoms with Gasteiger partial charge in [0.05, 0.1) is 19.1 Å². The molecule has 4 rings (SSSR count). The maximum Gasteiger partial charge on any atom is 0.269 e. The number of benzene rings is 2. The van der Waals surface area contributed by atoms with E-state index in [1.54, 1.807) is 32.4 Å². The van der Waals surface area contributed by atoms with Crippen LogP contribution in [-0.2, 0) is 6.42 Å². The van der Waals surface area contributed by atoms with Gasteiger partial charge in [-0.1, -0.05) is 0 Å². The van der Waals surface area contributed by atoms with Gasteiger partial charge in [0.1, 0.15) is 0 Å². The number of Topliss-reactive ketones (excluding diaryl/α,β-unsaturated/α-hetero) is 1. The Bertz CT molecular complexity index is 1060. The van der Waals surface area contributed by atoms with Crippen LogP contribution in [0.5, 0.6) is 11.5 Å². The van der Waals surface area contributed by atoms with Crippen molar-refractivity contribution in [3.63, 3.8) is 0 Å². The highest BCUT2D eigenvalue weighted by Crippen LogP contribution is 2.39. The van der Waals surface area contributed by atoms with Crippen LogP contribution >= 0.6 is 12.2 Å². The molecule has 1 unspecified atom stereocenters. The maximum atomic E-state index is 13.0. The summed E-state index contributed by atoms with van der Waals surface area (Å²) in [5.41, 5.74) is 2.57. The van der Waals surface area contributed by atoms with Gasteiger partial charge in [0.15, 0.2) is 22.4 Å². The number of non-ortho nitro benzene ring substituents is 1. The molecule has 2 aromatic rings. The number of rotatable bonds is 6. The standard InChI is InChI=1S/C24H27N3O5S/c1-31-21-13-16-12-17(23(28)20(16)14-22(21)32-2)11-15-7-9-26(10-8-15)24(33)25-18-3-5-19(6-4-18)27(29)30/h3-6,13-15,17H,7-12H2,1-2H3,(H,25,33). The fourth-order valence-electron chi connectivity index (χ4n) is 4.73. The van der Waals surface area contributed by atoms with Gasteiger partial charge in [-0.2, -0.15) is 0 Å². The minimum absolute atomic E-state index is 0.00134. The largest absolute Gasteiger partial charge is 0.493 e. The van der Waals surface area contributed by atoms with Crippen LogP contribution in [0.4, 0.5) is 11.4 Å².